The van der Waals surface area contributed by atoms with Crippen LogP contribution in [0.5, 0.6) is 0 Å². The number of methoxy groups -OCH3 is 1. The molecule has 4 nitrogen and oxygen atoms in total. The van der Waals surface area contributed by atoms with Crippen molar-refractivity contribution in [2.45, 2.75) is 27.2 Å². The molecule has 0 saturated heterocycles. The van der Waals surface area contributed by atoms with E-state index in [2.05, 4.69) is 37.4 Å². The highest BCUT2D eigenvalue weighted by atomic mass is 16.5. The summed E-state index contributed by atoms with van der Waals surface area (Å²) in [5, 5.41) is 7.73. The maximum atomic E-state index is 5.06. The van der Waals surface area contributed by atoms with E-state index in [1.165, 1.54) is 5.56 Å². The fourth-order valence-corrected chi connectivity index (χ4v) is 2.05. The molecule has 1 aromatic rings. The Balaban J connectivity index is 2.56. The summed E-state index contributed by atoms with van der Waals surface area (Å²) in [7, 11) is 3.70. The van der Waals surface area contributed by atoms with Crippen molar-refractivity contribution in [3.8, 4) is 0 Å². The third-order valence-corrected chi connectivity index (χ3v) is 3.77. The van der Waals surface area contributed by atoms with Crippen molar-refractivity contribution in [3.63, 3.8) is 0 Å². The van der Waals surface area contributed by atoms with E-state index in [-0.39, 0.29) is 5.41 Å². The molecular formula is C14H27N3O. The second-order valence-corrected chi connectivity index (χ2v) is 5.68. The Kier molecular flexibility index (Phi) is 5.82. The molecule has 0 spiro atoms. The Morgan fingerprint density at radius 2 is 2.22 bits per heavy atom. The standard InChI is InChI=1S/C14H27N3O/c1-12(2)14(3,11-15-6-7-18-5)8-13-9-16-17(4)10-13/h9-10,12,15H,6-8,11H2,1-5H3. The maximum Gasteiger partial charge on any atom is 0.0587 e. The highest BCUT2D eigenvalue weighted by Gasteiger charge is 2.28. The normalized spacial score (nSPS) is 15.0. The highest BCUT2D eigenvalue weighted by molar-refractivity contribution is 5.07. The Morgan fingerprint density at radius 1 is 1.50 bits per heavy atom. The first-order chi connectivity index (χ1) is 8.48. The molecule has 0 bridgehead atoms. The average molecular weight is 253 g/mol. The van der Waals surface area contributed by atoms with E-state index < -0.39 is 0 Å². The van der Waals surface area contributed by atoms with Crippen LogP contribution >= 0.6 is 0 Å². The Bertz CT molecular complexity index is 349. The zero-order valence-corrected chi connectivity index (χ0v) is 12.4. The van der Waals surface area contributed by atoms with Crippen molar-refractivity contribution < 1.29 is 4.74 Å². The number of aromatic nitrogens is 2. The molecule has 0 aliphatic carbocycles. The van der Waals surface area contributed by atoms with Crippen molar-refractivity contribution in [2.24, 2.45) is 18.4 Å². The number of hydrogen-bond acceptors (Lipinski definition) is 3. The molecular weight excluding hydrogens is 226 g/mol. The minimum Gasteiger partial charge on any atom is -0.383 e. The minimum absolute atomic E-state index is 0.247. The fraction of sp³-hybridized carbons (Fsp3) is 0.786. The maximum absolute atomic E-state index is 5.06. The smallest absolute Gasteiger partial charge is 0.0587 e. The summed E-state index contributed by atoms with van der Waals surface area (Å²) in [5.74, 6) is 0.618. The first-order valence-corrected chi connectivity index (χ1v) is 6.65. The van der Waals surface area contributed by atoms with Crippen LogP contribution in [0.4, 0.5) is 0 Å². The van der Waals surface area contributed by atoms with Gasteiger partial charge in [0.25, 0.3) is 0 Å². The quantitative estimate of drug-likeness (QED) is 0.719. The summed E-state index contributed by atoms with van der Waals surface area (Å²) in [4.78, 5) is 0. The molecule has 0 aliphatic rings. The van der Waals surface area contributed by atoms with E-state index in [1.807, 2.05) is 17.9 Å². The van der Waals surface area contributed by atoms with Gasteiger partial charge in [0.1, 0.15) is 0 Å². The molecule has 0 aliphatic heterocycles. The summed E-state index contributed by atoms with van der Waals surface area (Å²) in [6, 6.07) is 0. The molecule has 4 heteroatoms. The third kappa shape index (κ3) is 4.42. The Morgan fingerprint density at radius 3 is 2.72 bits per heavy atom. The number of nitrogens with zero attached hydrogens (tertiary/aromatic N) is 2. The number of rotatable bonds is 8. The van der Waals surface area contributed by atoms with Crippen molar-refractivity contribution in [2.75, 3.05) is 26.8 Å². The van der Waals surface area contributed by atoms with Crippen molar-refractivity contribution in [1.82, 2.24) is 15.1 Å². The zero-order valence-electron chi connectivity index (χ0n) is 12.4. The first kappa shape index (κ1) is 15.2. The predicted molar refractivity (Wildman–Crippen MR) is 74.6 cm³/mol. The molecule has 0 saturated carbocycles. The molecule has 1 atom stereocenters. The van der Waals surface area contributed by atoms with Crippen LogP contribution < -0.4 is 5.32 Å². The van der Waals surface area contributed by atoms with Gasteiger partial charge in [-0.2, -0.15) is 5.10 Å². The van der Waals surface area contributed by atoms with Gasteiger partial charge in [-0.15, -0.1) is 0 Å². The van der Waals surface area contributed by atoms with Gasteiger partial charge in [-0.3, -0.25) is 4.68 Å². The number of hydrogen-bond donors (Lipinski definition) is 1. The summed E-state index contributed by atoms with van der Waals surface area (Å²) in [6.07, 6.45) is 5.13. The predicted octanol–water partition coefficient (Wildman–Crippen LogP) is 1.86. The van der Waals surface area contributed by atoms with E-state index in [1.54, 1.807) is 7.11 Å². The van der Waals surface area contributed by atoms with Crippen LogP contribution in [0, 0.1) is 11.3 Å². The fourth-order valence-electron chi connectivity index (χ4n) is 2.05. The van der Waals surface area contributed by atoms with Gasteiger partial charge in [0.15, 0.2) is 0 Å². The van der Waals surface area contributed by atoms with Crippen molar-refractivity contribution in [3.05, 3.63) is 18.0 Å². The van der Waals surface area contributed by atoms with Crippen molar-refractivity contribution in [1.29, 1.82) is 0 Å². The molecule has 18 heavy (non-hydrogen) atoms. The van der Waals surface area contributed by atoms with Crippen LogP contribution in [-0.2, 0) is 18.2 Å². The van der Waals surface area contributed by atoms with Gasteiger partial charge in [0, 0.05) is 33.4 Å². The van der Waals surface area contributed by atoms with E-state index in [0.29, 0.717) is 5.92 Å². The van der Waals surface area contributed by atoms with E-state index in [9.17, 15) is 0 Å². The SMILES string of the molecule is COCCNCC(C)(Cc1cnn(C)c1)C(C)C. The monoisotopic (exact) mass is 253 g/mol. The van der Waals surface area contributed by atoms with Crippen LogP contribution in [0.3, 0.4) is 0 Å². The second-order valence-electron chi connectivity index (χ2n) is 5.68. The molecule has 1 N–H and O–H groups in total. The molecule has 1 heterocycles. The molecule has 0 amide bonds. The molecule has 104 valence electrons. The summed E-state index contributed by atoms with van der Waals surface area (Å²) in [5.41, 5.74) is 1.55. The molecule has 0 fully saturated rings. The lowest BCUT2D eigenvalue weighted by Crippen LogP contribution is -2.39. The van der Waals surface area contributed by atoms with Gasteiger partial charge in [-0.1, -0.05) is 20.8 Å². The third-order valence-electron chi connectivity index (χ3n) is 3.77. The van der Waals surface area contributed by atoms with Gasteiger partial charge < -0.3 is 10.1 Å². The first-order valence-electron chi connectivity index (χ1n) is 6.65. The number of aryl methyl sites for hydroxylation is 1. The summed E-state index contributed by atoms with van der Waals surface area (Å²) >= 11 is 0. The number of ether oxygens (including phenoxy) is 1. The van der Waals surface area contributed by atoms with E-state index in [0.717, 1.165) is 26.1 Å². The van der Waals surface area contributed by atoms with Crippen molar-refractivity contribution >= 4 is 0 Å². The Labute approximate surface area is 111 Å². The number of nitrogens with one attached hydrogen (secondary N) is 1. The average Bonchev–Trinajstić information content (AvgIpc) is 2.70. The van der Waals surface area contributed by atoms with E-state index >= 15 is 0 Å². The van der Waals surface area contributed by atoms with Gasteiger partial charge in [0.2, 0.25) is 0 Å². The topological polar surface area (TPSA) is 39.1 Å². The van der Waals surface area contributed by atoms with Gasteiger partial charge in [-0.05, 0) is 23.3 Å². The second kappa shape index (κ2) is 6.90. The molecule has 0 radical (unpaired) electrons. The molecule has 1 unspecified atom stereocenters. The largest absolute Gasteiger partial charge is 0.383 e. The van der Waals surface area contributed by atoms with Gasteiger partial charge >= 0.3 is 0 Å². The minimum atomic E-state index is 0.247. The van der Waals surface area contributed by atoms with Crippen LogP contribution in [0.1, 0.15) is 26.3 Å². The van der Waals surface area contributed by atoms with Crippen LogP contribution in [0.25, 0.3) is 0 Å². The van der Waals surface area contributed by atoms with E-state index in [4.69, 9.17) is 4.74 Å². The van der Waals surface area contributed by atoms with Crippen LogP contribution in [0.2, 0.25) is 0 Å². The lowest BCUT2D eigenvalue weighted by atomic mass is 9.75. The summed E-state index contributed by atoms with van der Waals surface area (Å²) in [6.45, 7) is 9.59. The lowest BCUT2D eigenvalue weighted by molar-refractivity contribution is 0.175. The summed E-state index contributed by atoms with van der Waals surface area (Å²) < 4.78 is 6.93. The van der Waals surface area contributed by atoms with Crippen LogP contribution in [0.15, 0.2) is 12.4 Å². The molecule has 0 aromatic carbocycles. The van der Waals surface area contributed by atoms with Crippen LogP contribution in [-0.4, -0.2) is 36.6 Å². The Hall–Kier alpha value is -0.870. The van der Waals surface area contributed by atoms with Gasteiger partial charge in [0.05, 0.1) is 12.8 Å². The molecule has 1 aromatic heterocycles. The zero-order chi connectivity index (χ0) is 13.6. The van der Waals surface area contributed by atoms with Gasteiger partial charge in [-0.25, -0.2) is 0 Å². The lowest BCUT2D eigenvalue weighted by Gasteiger charge is -2.34. The highest BCUT2D eigenvalue weighted by Crippen LogP contribution is 2.30. The molecule has 1 rings (SSSR count).